The van der Waals surface area contributed by atoms with Gasteiger partial charge in [-0.05, 0) is 37.2 Å². The summed E-state index contributed by atoms with van der Waals surface area (Å²) in [5.41, 5.74) is 2.86. The Morgan fingerprint density at radius 2 is 1.62 bits per heavy atom. The summed E-state index contributed by atoms with van der Waals surface area (Å²) in [6.07, 6.45) is 1.04. The molecule has 1 aliphatic rings. The summed E-state index contributed by atoms with van der Waals surface area (Å²) in [6.45, 7) is 5.25. The van der Waals surface area contributed by atoms with Crippen LogP contribution < -0.4 is 0 Å². The summed E-state index contributed by atoms with van der Waals surface area (Å²) in [5, 5.41) is 20.1. The highest BCUT2D eigenvalue weighted by molar-refractivity contribution is 5.39. The molecule has 0 unspecified atom stereocenters. The van der Waals surface area contributed by atoms with Crippen LogP contribution in [0.1, 0.15) is 23.1 Å². The molecule has 1 heterocycles. The van der Waals surface area contributed by atoms with Crippen molar-refractivity contribution in [1.82, 2.24) is 9.80 Å². The Morgan fingerprint density at radius 3 is 2.27 bits per heavy atom. The van der Waals surface area contributed by atoms with Crippen molar-refractivity contribution in [2.45, 2.75) is 19.5 Å². The Hall–Kier alpha value is -2.75. The summed E-state index contributed by atoms with van der Waals surface area (Å²) in [6, 6.07) is 16.9. The summed E-state index contributed by atoms with van der Waals surface area (Å²) < 4.78 is 0. The van der Waals surface area contributed by atoms with E-state index in [1.807, 2.05) is 36.4 Å². The lowest BCUT2D eigenvalue weighted by Crippen LogP contribution is -2.30. The van der Waals surface area contributed by atoms with Gasteiger partial charge < -0.3 is 0 Å². The number of nitrogens with zero attached hydrogens (tertiary/aromatic N) is 4. The molecule has 0 radical (unpaired) electrons. The predicted octanol–water partition coefficient (Wildman–Crippen LogP) is 3.17. The van der Waals surface area contributed by atoms with Gasteiger partial charge in [-0.25, -0.2) is 0 Å². The van der Waals surface area contributed by atoms with E-state index >= 15 is 0 Å². The fourth-order valence-electron chi connectivity index (χ4n) is 3.35. The third-order valence-corrected chi connectivity index (χ3v) is 4.75. The third kappa shape index (κ3) is 4.66. The molecule has 0 aliphatic carbocycles. The zero-order valence-corrected chi connectivity index (χ0v) is 14.7. The van der Waals surface area contributed by atoms with Gasteiger partial charge >= 0.3 is 0 Å². The molecule has 1 aliphatic heterocycles. The van der Waals surface area contributed by atoms with Crippen LogP contribution >= 0.6 is 0 Å². The smallest absolute Gasteiger partial charge is 0.273 e. The minimum atomic E-state index is -0.301. The monoisotopic (exact) mass is 350 g/mol. The Morgan fingerprint density at radius 1 is 0.962 bits per heavy atom. The molecule has 0 spiro atoms. The Balaban J connectivity index is 1.58. The van der Waals surface area contributed by atoms with Gasteiger partial charge in [0.15, 0.2) is 0 Å². The topological polar surface area (TPSA) is 73.4 Å². The fraction of sp³-hybridized carbons (Fsp3) is 0.350. The number of nitro benzene ring substituents is 1. The molecule has 0 amide bonds. The Bertz CT molecular complexity index is 798. The number of benzene rings is 2. The number of para-hydroxylation sites is 1. The molecular formula is C20H22N4O2. The quantitative estimate of drug-likeness (QED) is 0.612. The molecule has 2 aromatic carbocycles. The van der Waals surface area contributed by atoms with Gasteiger partial charge in [-0.2, -0.15) is 5.26 Å². The molecule has 134 valence electrons. The van der Waals surface area contributed by atoms with Gasteiger partial charge in [-0.1, -0.05) is 30.3 Å². The summed E-state index contributed by atoms with van der Waals surface area (Å²) in [5.74, 6) is 0. The van der Waals surface area contributed by atoms with Crippen molar-refractivity contribution >= 4 is 5.69 Å². The number of nitro groups is 1. The number of rotatable bonds is 5. The van der Waals surface area contributed by atoms with Gasteiger partial charge in [-0.15, -0.1) is 0 Å². The Labute approximate surface area is 153 Å². The van der Waals surface area contributed by atoms with Crippen molar-refractivity contribution in [3.05, 3.63) is 75.3 Å². The highest BCUT2D eigenvalue weighted by Gasteiger charge is 2.19. The lowest BCUT2D eigenvalue weighted by molar-refractivity contribution is -0.385. The van der Waals surface area contributed by atoms with Crippen molar-refractivity contribution in [2.24, 2.45) is 0 Å². The SMILES string of the molecule is N#Cc1ccc(CN2CCCN(Cc3ccccc3[N+](=O)[O-])CC2)cc1. The molecule has 0 N–H and O–H groups in total. The van der Waals surface area contributed by atoms with Crippen molar-refractivity contribution in [3.63, 3.8) is 0 Å². The maximum atomic E-state index is 11.2. The molecule has 0 bridgehead atoms. The van der Waals surface area contributed by atoms with Gasteiger partial charge in [0, 0.05) is 37.8 Å². The minimum absolute atomic E-state index is 0.200. The third-order valence-electron chi connectivity index (χ3n) is 4.75. The van der Waals surface area contributed by atoms with Crippen LogP contribution in [0.2, 0.25) is 0 Å². The average molecular weight is 350 g/mol. The first-order valence-corrected chi connectivity index (χ1v) is 8.82. The average Bonchev–Trinajstić information content (AvgIpc) is 2.88. The van der Waals surface area contributed by atoms with Crippen LogP contribution in [-0.4, -0.2) is 40.9 Å². The lowest BCUT2D eigenvalue weighted by Gasteiger charge is -2.22. The van der Waals surface area contributed by atoms with Crippen LogP contribution in [0.3, 0.4) is 0 Å². The fourth-order valence-corrected chi connectivity index (χ4v) is 3.35. The normalized spacial score (nSPS) is 16.0. The van der Waals surface area contributed by atoms with E-state index in [0.29, 0.717) is 12.1 Å². The zero-order valence-electron chi connectivity index (χ0n) is 14.7. The van der Waals surface area contributed by atoms with E-state index in [9.17, 15) is 10.1 Å². The van der Waals surface area contributed by atoms with Crippen LogP contribution in [0.5, 0.6) is 0 Å². The molecule has 0 atom stereocenters. The van der Waals surface area contributed by atoms with Crippen LogP contribution in [0, 0.1) is 21.4 Å². The molecule has 6 nitrogen and oxygen atoms in total. The van der Waals surface area contributed by atoms with Crippen LogP contribution in [0.4, 0.5) is 5.69 Å². The summed E-state index contributed by atoms with van der Waals surface area (Å²) >= 11 is 0. The highest BCUT2D eigenvalue weighted by Crippen LogP contribution is 2.20. The van der Waals surface area contributed by atoms with E-state index < -0.39 is 0 Å². The van der Waals surface area contributed by atoms with Crippen molar-refractivity contribution < 1.29 is 4.92 Å². The van der Waals surface area contributed by atoms with Crippen molar-refractivity contribution in [1.29, 1.82) is 5.26 Å². The van der Waals surface area contributed by atoms with Gasteiger partial charge in [0.1, 0.15) is 0 Å². The second-order valence-electron chi connectivity index (χ2n) is 6.60. The van der Waals surface area contributed by atoms with E-state index in [2.05, 4.69) is 15.9 Å². The predicted molar refractivity (Wildman–Crippen MR) is 99.4 cm³/mol. The van der Waals surface area contributed by atoms with Crippen LogP contribution in [0.15, 0.2) is 48.5 Å². The van der Waals surface area contributed by atoms with E-state index in [0.717, 1.165) is 44.7 Å². The minimum Gasteiger partial charge on any atom is -0.298 e. The van der Waals surface area contributed by atoms with Gasteiger partial charge in [-0.3, -0.25) is 19.9 Å². The lowest BCUT2D eigenvalue weighted by atomic mass is 10.1. The second-order valence-corrected chi connectivity index (χ2v) is 6.60. The molecule has 1 saturated heterocycles. The molecular weight excluding hydrogens is 328 g/mol. The summed E-state index contributed by atoms with van der Waals surface area (Å²) in [4.78, 5) is 15.6. The number of hydrogen-bond donors (Lipinski definition) is 0. The van der Waals surface area contributed by atoms with Crippen LogP contribution in [0.25, 0.3) is 0 Å². The van der Waals surface area contributed by atoms with Gasteiger partial charge in [0.05, 0.1) is 16.6 Å². The molecule has 0 saturated carbocycles. The molecule has 1 fully saturated rings. The number of nitriles is 1. The molecule has 26 heavy (non-hydrogen) atoms. The maximum Gasteiger partial charge on any atom is 0.273 e. The molecule has 6 heteroatoms. The van der Waals surface area contributed by atoms with Gasteiger partial charge in [0.25, 0.3) is 5.69 Å². The number of hydrogen-bond acceptors (Lipinski definition) is 5. The van der Waals surface area contributed by atoms with Crippen molar-refractivity contribution in [2.75, 3.05) is 26.2 Å². The standard InChI is InChI=1S/C20H22N4O2/c21-14-17-6-8-18(9-7-17)15-22-10-3-11-23(13-12-22)16-19-4-1-2-5-20(19)24(25)26/h1-2,4-9H,3,10-13,15-16H2. The highest BCUT2D eigenvalue weighted by atomic mass is 16.6. The first-order chi connectivity index (χ1) is 12.7. The Kier molecular flexibility index (Phi) is 5.95. The van der Waals surface area contributed by atoms with E-state index in [1.165, 1.54) is 5.56 Å². The molecule has 2 aromatic rings. The zero-order chi connectivity index (χ0) is 18.4. The second kappa shape index (κ2) is 8.56. The van der Waals surface area contributed by atoms with Gasteiger partial charge in [0.2, 0.25) is 0 Å². The first kappa shape index (κ1) is 18.1. The van der Waals surface area contributed by atoms with E-state index in [4.69, 9.17) is 5.26 Å². The van der Waals surface area contributed by atoms with Crippen molar-refractivity contribution in [3.8, 4) is 6.07 Å². The summed E-state index contributed by atoms with van der Waals surface area (Å²) in [7, 11) is 0. The van der Waals surface area contributed by atoms with E-state index in [1.54, 1.807) is 12.1 Å². The van der Waals surface area contributed by atoms with E-state index in [-0.39, 0.29) is 10.6 Å². The largest absolute Gasteiger partial charge is 0.298 e. The molecule has 0 aromatic heterocycles. The maximum absolute atomic E-state index is 11.2. The first-order valence-electron chi connectivity index (χ1n) is 8.82. The molecule has 3 rings (SSSR count). The van der Waals surface area contributed by atoms with Crippen LogP contribution in [-0.2, 0) is 13.1 Å².